The number of amides is 1. The summed E-state index contributed by atoms with van der Waals surface area (Å²) in [4.78, 5) is 10.9. The largest absolute Gasteiger partial charge is 0.451 e. The summed E-state index contributed by atoms with van der Waals surface area (Å²) in [7, 11) is 0. The van der Waals surface area contributed by atoms with Crippen LogP contribution < -0.4 is 10.5 Å². The number of benzene rings is 2. The zero-order valence-corrected chi connectivity index (χ0v) is 12.9. The summed E-state index contributed by atoms with van der Waals surface area (Å²) in [6.07, 6.45) is 1.21. The third-order valence-electron chi connectivity index (χ3n) is 3.55. The molecule has 122 valence electrons. The maximum atomic E-state index is 14.5. The van der Waals surface area contributed by atoms with E-state index in [-0.39, 0.29) is 18.2 Å². The summed E-state index contributed by atoms with van der Waals surface area (Å²) in [6.45, 7) is 1.87. The number of nitrogens with two attached hydrogens (primary N) is 1. The predicted octanol–water partition coefficient (Wildman–Crippen LogP) is 4.20. The highest BCUT2D eigenvalue weighted by Crippen LogP contribution is 2.30. The quantitative estimate of drug-likeness (QED) is 0.831. The van der Waals surface area contributed by atoms with Gasteiger partial charge in [-0.2, -0.15) is 0 Å². The van der Waals surface area contributed by atoms with E-state index in [1.54, 1.807) is 30.3 Å². The van der Waals surface area contributed by atoms with Crippen LogP contribution in [0.4, 0.5) is 8.78 Å². The monoisotopic (exact) mass is 319 g/mol. The smallest absolute Gasteiger partial charge is 0.217 e. The molecular weight excluding hydrogens is 300 g/mol. The first-order valence-corrected chi connectivity index (χ1v) is 7.45. The van der Waals surface area contributed by atoms with Crippen molar-refractivity contribution in [3.8, 4) is 11.5 Å². The van der Waals surface area contributed by atoms with Crippen LogP contribution in [-0.2, 0) is 11.2 Å². The number of hydrogen-bond acceptors (Lipinski definition) is 2. The van der Waals surface area contributed by atoms with E-state index < -0.39 is 17.4 Å². The average molecular weight is 319 g/mol. The summed E-state index contributed by atoms with van der Waals surface area (Å²) in [5.41, 5.74) is 5.49. The average Bonchev–Trinajstić information content (AvgIpc) is 2.51. The summed E-state index contributed by atoms with van der Waals surface area (Å²) >= 11 is 0. The fraction of sp³-hybridized carbons (Fsp3) is 0.278. The number of rotatable bonds is 7. The number of ether oxygens (including phenoxy) is 1. The minimum Gasteiger partial charge on any atom is -0.451 e. The van der Waals surface area contributed by atoms with Crippen LogP contribution in [0.15, 0.2) is 42.5 Å². The highest BCUT2D eigenvalue weighted by atomic mass is 19.1. The Morgan fingerprint density at radius 1 is 1.17 bits per heavy atom. The lowest BCUT2D eigenvalue weighted by molar-refractivity contribution is -0.118. The molecule has 2 aromatic carbocycles. The van der Waals surface area contributed by atoms with Gasteiger partial charge in [-0.3, -0.25) is 4.79 Å². The van der Waals surface area contributed by atoms with Gasteiger partial charge in [0, 0.05) is 6.42 Å². The maximum absolute atomic E-state index is 14.5. The minimum absolute atomic E-state index is 0.0374. The second kappa shape index (κ2) is 7.72. The van der Waals surface area contributed by atoms with Crippen LogP contribution in [-0.4, -0.2) is 5.91 Å². The van der Waals surface area contributed by atoms with Crippen molar-refractivity contribution in [1.82, 2.24) is 0 Å². The lowest BCUT2D eigenvalue weighted by Gasteiger charge is -2.13. The van der Waals surface area contributed by atoms with Gasteiger partial charge in [0.1, 0.15) is 5.75 Å². The molecule has 0 aromatic heterocycles. The molecule has 2 rings (SSSR count). The fourth-order valence-corrected chi connectivity index (χ4v) is 2.31. The van der Waals surface area contributed by atoms with Crippen LogP contribution in [0, 0.1) is 17.6 Å². The second-order valence-electron chi connectivity index (χ2n) is 5.58. The standard InChI is InChI=1S/C18H19F2NO2/c1-12(11-16(21)22)7-8-13-9-10-15(19)18(17(13)20)23-14-5-3-2-4-6-14/h2-6,9-10,12H,7-8,11H2,1H3,(H2,21,22)/t12-/m0/s1. The van der Waals surface area contributed by atoms with Crippen LogP contribution in [0.1, 0.15) is 25.3 Å². The summed E-state index contributed by atoms with van der Waals surface area (Å²) in [5.74, 6) is -1.85. The highest BCUT2D eigenvalue weighted by Gasteiger charge is 2.17. The molecule has 23 heavy (non-hydrogen) atoms. The number of para-hydroxylation sites is 1. The number of halogens is 2. The molecule has 0 aliphatic heterocycles. The van der Waals surface area contributed by atoms with E-state index in [0.717, 1.165) is 0 Å². The molecule has 0 saturated heterocycles. The van der Waals surface area contributed by atoms with Crippen molar-refractivity contribution in [2.75, 3.05) is 0 Å². The normalized spacial score (nSPS) is 12.0. The van der Waals surface area contributed by atoms with Crippen molar-refractivity contribution >= 4 is 5.91 Å². The van der Waals surface area contributed by atoms with Gasteiger partial charge in [0.25, 0.3) is 0 Å². The van der Waals surface area contributed by atoms with Crippen molar-refractivity contribution in [2.24, 2.45) is 11.7 Å². The van der Waals surface area contributed by atoms with Crippen molar-refractivity contribution in [2.45, 2.75) is 26.2 Å². The van der Waals surface area contributed by atoms with Gasteiger partial charge in [-0.05, 0) is 42.5 Å². The molecule has 2 aromatic rings. The van der Waals surface area contributed by atoms with Gasteiger partial charge >= 0.3 is 0 Å². The van der Waals surface area contributed by atoms with Crippen LogP contribution >= 0.6 is 0 Å². The number of aryl methyl sites for hydroxylation is 1. The number of primary amides is 1. The molecule has 1 amide bonds. The van der Waals surface area contributed by atoms with Crippen LogP contribution in [0.2, 0.25) is 0 Å². The second-order valence-corrected chi connectivity index (χ2v) is 5.58. The topological polar surface area (TPSA) is 52.3 Å². The molecular formula is C18H19F2NO2. The van der Waals surface area contributed by atoms with E-state index in [0.29, 0.717) is 24.2 Å². The lowest BCUT2D eigenvalue weighted by Crippen LogP contribution is -2.15. The molecule has 0 radical (unpaired) electrons. The van der Waals surface area contributed by atoms with Gasteiger partial charge in [0.15, 0.2) is 17.4 Å². The first-order chi connectivity index (χ1) is 11.0. The SMILES string of the molecule is C[C@@H](CCc1ccc(F)c(Oc2ccccc2)c1F)CC(N)=O. The zero-order chi connectivity index (χ0) is 16.8. The Labute approximate surface area is 134 Å². The van der Waals surface area contributed by atoms with E-state index in [1.807, 2.05) is 6.92 Å². The molecule has 0 saturated carbocycles. The molecule has 0 fully saturated rings. The van der Waals surface area contributed by atoms with Crippen LogP contribution in [0.25, 0.3) is 0 Å². The van der Waals surface area contributed by atoms with Gasteiger partial charge < -0.3 is 10.5 Å². The van der Waals surface area contributed by atoms with Gasteiger partial charge in [0.2, 0.25) is 5.91 Å². The van der Waals surface area contributed by atoms with Gasteiger partial charge in [-0.25, -0.2) is 8.78 Å². The fourth-order valence-electron chi connectivity index (χ4n) is 2.31. The van der Waals surface area contributed by atoms with E-state index in [1.165, 1.54) is 12.1 Å². The molecule has 5 heteroatoms. The molecule has 2 N–H and O–H groups in total. The number of carbonyl (C=O) groups excluding carboxylic acids is 1. The maximum Gasteiger partial charge on any atom is 0.217 e. The third-order valence-corrected chi connectivity index (χ3v) is 3.55. The minimum atomic E-state index is -0.750. The highest BCUT2D eigenvalue weighted by molar-refractivity contribution is 5.73. The molecule has 0 aliphatic rings. The van der Waals surface area contributed by atoms with E-state index in [2.05, 4.69) is 0 Å². The summed E-state index contributed by atoms with van der Waals surface area (Å²) in [5, 5.41) is 0. The Bertz CT molecular complexity index is 674. The number of carbonyl (C=O) groups is 1. The van der Waals surface area contributed by atoms with Crippen molar-refractivity contribution in [1.29, 1.82) is 0 Å². The Balaban J connectivity index is 2.13. The van der Waals surface area contributed by atoms with Crippen molar-refractivity contribution in [3.05, 3.63) is 59.7 Å². The van der Waals surface area contributed by atoms with Gasteiger partial charge in [-0.1, -0.05) is 31.2 Å². The molecule has 0 heterocycles. The van der Waals surface area contributed by atoms with Gasteiger partial charge in [-0.15, -0.1) is 0 Å². The van der Waals surface area contributed by atoms with E-state index in [9.17, 15) is 13.6 Å². The molecule has 3 nitrogen and oxygen atoms in total. The van der Waals surface area contributed by atoms with Crippen molar-refractivity contribution in [3.63, 3.8) is 0 Å². The molecule has 0 unspecified atom stereocenters. The molecule has 0 aliphatic carbocycles. The lowest BCUT2D eigenvalue weighted by atomic mass is 9.97. The van der Waals surface area contributed by atoms with Crippen LogP contribution in [0.3, 0.4) is 0 Å². The predicted molar refractivity (Wildman–Crippen MR) is 84.2 cm³/mol. The van der Waals surface area contributed by atoms with Crippen molar-refractivity contribution < 1.29 is 18.3 Å². The van der Waals surface area contributed by atoms with E-state index in [4.69, 9.17) is 10.5 Å². The summed E-state index contributed by atoms with van der Waals surface area (Å²) < 4.78 is 33.7. The van der Waals surface area contributed by atoms with Crippen LogP contribution in [0.5, 0.6) is 11.5 Å². The summed E-state index contributed by atoms with van der Waals surface area (Å²) in [6, 6.07) is 11.1. The third kappa shape index (κ3) is 4.77. The number of hydrogen-bond donors (Lipinski definition) is 1. The first-order valence-electron chi connectivity index (χ1n) is 7.45. The Kier molecular flexibility index (Phi) is 5.68. The Hall–Kier alpha value is -2.43. The zero-order valence-electron chi connectivity index (χ0n) is 12.9. The van der Waals surface area contributed by atoms with E-state index >= 15 is 0 Å². The Morgan fingerprint density at radius 2 is 1.87 bits per heavy atom. The molecule has 0 bridgehead atoms. The molecule has 1 atom stereocenters. The first kappa shape index (κ1) is 16.9. The Morgan fingerprint density at radius 3 is 2.52 bits per heavy atom. The van der Waals surface area contributed by atoms with Gasteiger partial charge in [0.05, 0.1) is 0 Å². The molecule has 0 spiro atoms.